The molecule has 0 saturated carbocycles. The first-order valence-corrected chi connectivity index (χ1v) is 5.36. The van der Waals surface area contributed by atoms with Crippen LogP contribution in [0.4, 0.5) is 13.2 Å². The smallest absolute Gasteiger partial charge is 0.396 e. The van der Waals surface area contributed by atoms with E-state index in [0.717, 1.165) is 4.90 Å². The molecule has 1 N–H and O–H groups in total. The van der Waals surface area contributed by atoms with Crippen LogP contribution in [0.3, 0.4) is 0 Å². The molecule has 0 spiro atoms. The lowest BCUT2D eigenvalue weighted by atomic mass is 10.2. The molecule has 0 aliphatic heterocycles. The van der Waals surface area contributed by atoms with E-state index in [2.05, 4.69) is 0 Å². The van der Waals surface area contributed by atoms with Crippen molar-refractivity contribution >= 4 is 5.91 Å². The molecule has 0 radical (unpaired) electrons. The van der Waals surface area contributed by atoms with Gasteiger partial charge in [-0.3, -0.25) is 4.79 Å². The van der Waals surface area contributed by atoms with Gasteiger partial charge in [0.25, 0.3) is 0 Å². The fraction of sp³-hybridized carbons (Fsp3) is 0.900. The molecule has 6 heteroatoms. The molecule has 0 rings (SSSR count). The number of hydrogen-bond acceptors (Lipinski definition) is 2. The summed E-state index contributed by atoms with van der Waals surface area (Å²) < 4.78 is 36.4. The number of aliphatic hydroxyl groups excluding tert-OH is 1. The minimum atomic E-state index is -4.35. The maximum absolute atomic E-state index is 12.1. The fourth-order valence-electron chi connectivity index (χ4n) is 1.32. The maximum atomic E-state index is 12.1. The van der Waals surface area contributed by atoms with E-state index in [-0.39, 0.29) is 19.6 Å². The van der Waals surface area contributed by atoms with Crippen LogP contribution in [0.5, 0.6) is 0 Å². The highest BCUT2D eigenvalue weighted by Gasteiger charge is 2.32. The average Bonchev–Trinajstić information content (AvgIpc) is 2.15. The predicted octanol–water partition coefficient (Wildman–Crippen LogP) is 1.95. The minimum absolute atomic E-state index is 0.0413. The Hall–Kier alpha value is -0.780. The molecule has 0 aromatic carbocycles. The number of aliphatic hydroxyl groups is 1. The molecule has 0 atom stereocenters. The van der Waals surface area contributed by atoms with Crippen molar-refractivity contribution in [3.05, 3.63) is 0 Å². The number of carbonyl (C=O) groups is 1. The van der Waals surface area contributed by atoms with Crippen LogP contribution in [-0.4, -0.2) is 41.8 Å². The zero-order chi connectivity index (χ0) is 12.6. The van der Waals surface area contributed by atoms with Gasteiger partial charge >= 0.3 is 6.18 Å². The lowest BCUT2D eigenvalue weighted by Gasteiger charge is -2.23. The Balaban J connectivity index is 4.13. The number of halogens is 3. The maximum Gasteiger partial charge on any atom is 0.406 e. The summed E-state index contributed by atoms with van der Waals surface area (Å²) in [6, 6.07) is 0. The molecule has 0 heterocycles. The summed E-state index contributed by atoms with van der Waals surface area (Å²) in [5.41, 5.74) is 0. The molecule has 0 fully saturated rings. The van der Waals surface area contributed by atoms with Crippen molar-refractivity contribution < 1.29 is 23.1 Å². The number of hydrogen-bond donors (Lipinski definition) is 1. The first kappa shape index (κ1) is 15.2. The van der Waals surface area contributed by atoms with Gasteiger partial charge in [0.1, 0.15) is 6.54 Å². The van der Waals surface area contributed by atoms with E-state index in [9.17, 15) is 18.0 Å². The van der Waals surface area contributed by atoms with Gasteiger partial charge in [0.2, 0.25) is 5.91 Å². The summed E-state index contributed by atoms with van der Waals surface area (Å²) in [6.07, 6.45) is -2.91. The van der Waals surface area contributed by atoms with Gasteiger partial charge in [-0.15, -0.1) is 0 Å². The predicted molar refractivity (Wildman–Crippen MR) is 53.9 cm³/mol. The Bertz CT molecular complexity index is 207. The van der Waals surface area contributed by atoms with Gasteiger partial charge in [0.05, 0.1) is 0 Å². The van der Waals surface area contributed by atoms with E-state index >= 15 is 0 Å². The summed E-state index contributed by atoms with van der Waals surface area (Å²) in [5, 5.41) is 8.50. The molecule has 0 bridgehead atoms. The van der Waals surface area contributed by atoms with Gasteiger partial charge in [0, 0.05) is 19.6 Å². The van der Waals surface area contributed by atoms with Crippen LogP contribution in [0.1, 0.15) is 32.6 Å². The molecule has 0 aromatic rings. The van der Waals surface area contributed by atoms with Crippen molar-refractivity contribution in [3.63, 3.8) is 0 Å². The number of carbonyl (C=O) groups excluding carboxylic acids is 1. The highest BCUT2D eigenvalue weighted by molar-refractivity contribution is 5.76. The molecule has 3 nitrogen and oxygen atoms in total. The van der Waals surface area contributed by atoms with Crippen LogP contribution < -0.4 is 0 Å². The summed E-state index contributed by atoms with van der Waals surface area (Å²) >= 11 is 0. The van der Waals surface area contributed by atoms with Crippen molar-refractivity contribution in [1.82, 2.24) is 4.90 Å². The quantitative estimate of drug-likeness (QED) is 0.692. The van der Waals surface area contributed by atoms with Gasteiger partial charge in [-0.05, 0) is 19.3 Å². The minimum Gasteiger partial charge on any atom is -0.396 e. The molecule has 1 amide bonds. The van der Waals surface area contributed by atoms with Gasteiger partial charge in [0.15, 0.2) is 0 Å². The molecule has 16 heavy (non-hydrogen) atoms. The molecule has 0 saturated heterocycles. The summed E-state index contributed by atoms with van der Waals surface area (Å²) in [7, 11) is 0. The third-order valence-electron chi connectivity index (χ3n) is 2.02. The van der Waals surface area contributed by atoms with Crippen LogP contribution in [0, 0.1) is 0 Å². The Morgan fingerprint density at radius 2 is 1.94 bits per heavy atom. The van der Waals surface area contributed by atoms with E-state index in [1.54, 1.807) is 6.92 Å². The third kappa shape index (κ3) is 7.50. The van der Waals surface area contributed by atoms with E-state index in [4.69, 9.17) is 5.11 Å². The van der Waals surface area contributed by atoms with Crippen molar-refractivity contribution in [3.8, 4) is 0 Å². The third-order valence-corrected chi connectivity index (χ3v) is 2.02. The zero-order valence-electron chi connectivity index (χ0n) is 9.39. The van der Waals surface area contributed by atoms with Crippen molar-refractivity contribution in [1.29, 1.82) is 0 Å². The molecule has 0 unspecified atom stereocenters. The Morgan fingerprint density at radius 3 is 2.38 bits per heavy atom. The number of unbranched alkanes of at least 4 members (excludes halogenated alkanes) is 1. The van der Waals surface area contributed by atoms with Gasteiger partial charge < -0.3 is 10.0 Å². The second-order valence-corrected chi connectivity index (χ2v) is 3.61. The fourth-order valence-corrected chi connectivity index (χ4v) is 1.32. The number of amides is 1. The standard InChI is InChI=1S/C10H18F3NO2/c1-2-6-14(8-10(11,12)13)9(16)5-3-4-7-15/h15H,2-8H2,1H3. The van der Waals surface area contributed by atoms with E-state index in [1.165, 1.54) is 0 Å². The van der Waals surface area contributed by atoms with Crippen LogP contribution >= 0.6 is 0 Å². The second kappa shape index (κ2) is 7.49. The first-order chi connectivity index (χ1) is 7.40. The Morgan fingerprint density at radius 1 is 1.31 bits per heavy atom. The van der Waals surface area contributed by atoms with E-state index < -0.39 is 18.6 Å². The van der Waals surface area contributed by atoms with Crippen molar-refractivity contribution in [2.75, 3.05) is 19.7 Å². The molecule has 0 aliphatic carbocycles. The Kier molecular flexibility index (Phi) is 7.12. The van der Waals surface area contributed by atoms with E-state index in [0.29, 0.717) is 19.3 Å². The topological polar surface area (TPSA) is 40.5 Å². The number of nitrogens with zero attached hydrogens (tertiary/aromatic N) is 1. The molecule has 96 valence electrons. The molecular weight excluding hydrogens is 223 g/mol. The lowest BCUT2D eigenvalue weighted by Crippen LogP contribution is -2.39. The summed E-state index contributed by atoms with van der Waals surface area (Å²) in [4.78, 5) is 12.3. The largest absolute Gasteiger partial charge is 0.406 e. The zero-order valence-corrected chi connectivity index (χ0v) is 9.39. The average molecular weight is 241 g/mol. The highest BCUT2D eigenvalue weighted by atomic mass is 19.4. The molecular formula is C10H18F3NO2. The SMILES string of the molecule is CCCN(CC(F)(F)F)C(=O)CCCCO. The molecule has 0 aromatic heterocycles. The normalized spacial score (nSPS) is 11.6. The van der Waals surface area contributed by atoms with Crippen LogP contribution in [0.15, 0.2) is 0 Å². The van der Waals surface area contributed by atoms with Crippen LogP contribution in [0.2, 0.25) is 0 Å². The Labute approximate surface area is 93.2 Å². The lowest BCUT2D eigenvalue weighted by molar-refractivity contribution is -0.161. The number of rotatable bonds is 7. The van der Waals surface area contributed by atoms with Gasteiger partial charge in [-0.1, -0.05) is 6.92 Å². The monoisotopic (exact) mass is 241 g/mol. The summed E-state index contributed by atoms with van der Waals surface area (Å²) in [5.74, 6) is -0.493. The second-order valence-electron chi connectivity index (χ2n) is 3.61. The van der Waals surface area contributed by atoms with Crippen molar-refractivity contribution in [2.24, 2.45) is 0 Å². The number of alkyl halides is 3. The van der Waals surface area contributed by atoms with Gasteiger partial charge in [-0.2, -0.15) is 13.2 Å². The van der Waals surface area contributed by atoms with Crippen LogP contribution in [0.25, 0.3) is 0 Å². The first-order valence-electron chi connectivity index (χ1n) is 5.36. The van der Waals surface area contributed by atoms with Gasteiger partial charge in [-0.25, -0.2) is 0 Å². The van der Waals surface area contributed by atoms with Crippen LogP contribution in [-0.2, 0) is 4.79 Å². The van der Waals surface area contributed by atoms with E-state index in [1.807, 2.05) is 0 Å². The van der Waals surface area contributed by atoms with Crippen molar-refractivity contribution in [2.45, 2.75) is 38.8 Å². The molecule has 0 aliphatic rings. The highest BCUT2D eigenvalue weighted by Crippen LogP contribution is 2.17. The summed E-state index contributed by atoms with van der Waals surface area (Å²) in [6.45, 7) is 0.626.